The minimum atomic E-state index is -2.15. The summed E-state index contributed by atoms with van der Waals surface area (Å²) in [6.07, 6.45) is -15.7. The van der Waals surface area contributed by atoms with Crippen LogP contribution in [-0.2, 0) is 0 Å². The van der Waals surface area contributed by atoms with Crippen molar-refractivity contribution in [3.63, 3.8) is 0 Å². The van der Waals surface area contributed by atoms with Crippen molar-refractivity contribution in [1.29, 1.82) is 0 Å². The summed E-state index contributed by atoms with van der Waals surface area (Å²) in [6, 6.07) is 0. The van der Waals surface area contributed by atoms with Gasteiger partial charge in [0.05, 0.1) is 12.7 Å². The molecule has 11 N–H and O–H groups in total. The molecule has 0 spiro atoms. The van der Waals surface area contributed by atoms with Gasteiger partial charge in [0.15, 0.2) is 0 Å². The highest BCUT2D eigenvalue weighted by atomic mass is 16.4. The Kier molecular flexibility index (Phi) is 8.62. The maximum atomic E-state index is 9.55. The Morgan fingerprint density at radius 2 is 0.850 bits per heavy atom. The zero-order valence-electron chi connectivity index (χ0n) is 10.6. The van der Waals surface area contributed by atoms with E-state index >= 15 is 0 Å². The fourth-order valence-electron chi connectivity index (χ4n) is 1.51. The van der Waals surface area contributed by atoms with Gasteiger partial charge in [-0.1, -0.05) is 0 Å². The van der Waals surface area contributed by atoms with Crippen molar-refractivity contribution in [1.82, 2.24) is 0 Å². The lowest BCUT2D eigenvalue weighted by molar-refractivity contribution is -0.178. The summed E-state index contributed by atoms with van der Waals surface area (Å²) in [6.45, 7) is -1.33. The Balaban J connectivity index is 4.71. The summed E-state index contributed by atoms with van der Waals surface area (Å²) in [5, 5.41) is 83.6. The van der Waals surface area contributed by atoms with Crippen molar-refractivity contribution >= 4 is 0 Å². The quantitative estimate of drug-likeness (QED) is 0.195. The van der Waals surface area contributed by atoms with Gasteiger partial charge in [0.25, 0.3) is 0 Å². The van der Waals surface area contributed by atoms with Crippen LogP contribution in [0.5, 0.6) is 0 Å². The Morgan fingerprint density at radius 1 is 0.550 bits per heavy atom. The maximum absolute atomic E-state index is 9.55. The molecule has 0 aromatic rings. The van der Waals surface area contributed by atoms with Crippen LogP contribution >= 0.6 is 0 Å². The van der Waals surface area contributed by atoms with Gasteiger partial charge in [0, 0.05) is 6.54 Å². The van der Waals surface area contributed by atoms with Crippen LogP contribution in [0.25, 0.3) is 0 Å². The molecule has 0 aliphatic heterocycles. The molecule has 0 bridgehead atoms. The first kappa shape index (κ1) is 19.6. The number of aliphatic hydroxyl groups is 9. The van der Waals surface area contributed by atoms with Crippen molar-refractivity contribution in [3.8, 4) is 0 Å². The molecule has 0 heterocycles. The van der Waals surface area contributed by atoms with Crippen LogP contribution in [0.2, 0.25) is 0 Å². The van der Waals surface area contributed by atoms with Gasteiger partial charge in [-0.2, -0.15) is 0 Å². The van der Waals surface area contributed by atoms with Crippen LogP contribution in [0.4, 0.5) is 0 Å². The molecule has 0 saturated carbocycles. The summed E-state index contributed by atoms with van der Waals surface area (Å²) in [5.74, 6) is 0. The average Bonchev–Trinajstić information content (AvgIpc) is 2.48. The third-order valence-electron chi connectivity index (χ3n) is 2.97. The molecule has 10 nitrogen and oxygen atoms in total. The highest BCUT2D eigenvalue weighted by molar-refractivity contribution is 4.91. The van der Waals surface area contributed by atoms with E-state index in [1.54, 1.807) is 0 Å². The molecule has 10 heteroatoms. The maximum Gasteiger partial charge on any atom is 0.111 e. The van der Waals surface area contributed by atoms with Crippen LogP contribution in [0.1, 0.15) is 0 Å². The molecule has 0 rings (SSSR count). The van der Waals surface area contributed by atoms with Gasteiger partial charge >= 0.3 is 0 Å². The number of hydrogen-bond donors (Lipinski definition) is 10. The van der Waals surface area contributed by atoms with Crippen LogP contribution in [0, 0.1) is 0 Å². The molecule has 0 radical (unpaired) electrons. The zero-order valence-corrected chi connectivity index (χ0v) is 10.6. The first-order valence-electron chi connectivity index (χ1n) is 5.94. The molecule has 0 saturated heterocycles. The van der Waals surface area contributed by atoms with Gasteiger partial charge in [-0.3, -0.25) is 0 Å². The van der Waals surface area contributed by atoms with Crippen LogP contribution in [-0.4, -0.2) is 108 Å². The highest BCUT2D eigenvalue weighted by Gasteiger charge is 2.40. The molecule has 8 atom stereocenters. The standard InChI is InChI=1S/C10H23NO9/c11-1-3(13)5(15)7(17)9(19)10(20)8(18)6(16)4(14)2-12/h3-10,12-20H,1-2,11H2. The second-order valence-electron chi connectivity index (χ2n) is 4.50. The lowest BCUT2D eigenvalue weighted by Crippen LogP contribution is -2.57. The topological polar surface area (TPSA) is 208 Å². The third kappa shape index (κ3) is 4.86. The van der Waals surface area contributed by atoms with Gasteiger partial charge in [-0.25, -0.2) is 0 Å². The predicted octanol–water partition coefficient (Wildman–Crippen LogP) is -6.18. The average molecular weight is 301 g/mol. The van der Waals surface area contributed by atoms with E-state index in [-0.39, 0.29) is 0 Å². The van der Waals surface area contributed by atoms with E-state index in [1.165, 1.54) is 0 Å². The minimum Gasteiger partial charge on any atom is -0.394 e. The molecule has 0 aromatic heterocycles. The van der Waals surface area contributed by atoms with E-state index in [0.29, 0.717) is 0 Å². The minimum absolute atomic E-state index is 0.421. The molecule has 0 aliphatic carbocycles. The molecule has 0 aromatic carbocycles. The first-order chi connectivity index (χ1) is 9.18. The Labute approximate surface area is 115 Å². The molecule has 20 heavy (non-hydrogen) atoms. The molecule has 0 amide bonds. The summed E-state index contributed by atoms with van der Waals surface area (Å²) < 4.78 is 0. The second kappa shape index (κ2) is 8.79. The van der Waals surface area contributed by atoms with Gasteiger partial charge < -0.3 is 51.7 Å². The van der Waals surface area contributed by atoms with Crippen LogP contribution in [0.15, 0.2) is 0 Å². The molecule has 122 valence electrons. The van der Waals surface area contributed by atoms with E-state index < -0.39 is 62.0 Å². The van der Waals surface area contributed by atoms with Crippen LogP contribution < -0.4 is 5.73 Å². The highest BCUT2D eigenvalue weighted by Crippen LogP contribution is 2.14. The Bertz CT molecular complexity index is 243. The Morgan fingerprint density at radius 3 is 1.15 bits per heavy atom. The smallest absolute Gasteiger partial charge is 0.111 e. The van der Waals surface area contributed by atoms with Crippen molar-refractivity contribution in [2.45, 2.75) is 48.8 Å². The van der Waals surface area contributed by atoms with Gasteiger partial charge in [0.2, 0.25) is 0 Å². The predicted molar refractivity (Wildman–Crippen MR) is 64.2 cm³/mol. The summed E-state index contributed by atoms with van der Waals surface area (Å²) in [4.78, 5) is 0. The fourth-order valence-corrected chi connectivity index (χ4v) is 1.51. The summed E-state index contributed by atoms with van der Waals surface area (Å²) in [7, 11) is 0. The molecular weight excluding hydrogens is 278 g/mol. The molecule has 0 aliphatic rings. The second-order valence-corrected chi connectivity index (χ2v) is 4.50. The lowest BCUT2D eigenvalue weighted by atomic mass is 9.93. The number of nitrogens with two attached hydrogens (primary N) is 1. The zero-order chi connectivity index (χ0) is 16.0. The van der Waals surface area contributed by atoms with E-state index in [2.05, 4.69) is 0 Å². The largest absolute Gasteiger partial charge is 0.394 e. The van der Waals surface area contributed by atoms with E-state index in [1.807, 2.05) is 0 Å². The van der Waals surface area contributed by atoms with E-state index in [0.717, 1.165) is 0 Å². The monoisotopic (exact) mass is 301 g/mol. The van der Waals surface area contributed by atoms with Crippen molar-refractivity contribution in [2.75, 3.05) is 13.2 Å². The lowest BCUT2D eigenvalue weighted by Gasteiger charge is -2.33. The third-order valence-corrected chi connectivity index (χ3v) is 2.97. The van der Waals surface area contributed by atoms with Gasteiger partial charge in [-0.15, -0.1) is 0 Å². The SMILES string of the molecule is NCC(O)C(O)C(O)C(O)C(O)C(O)C(O)C(O)CO. The Hall–Kier alpha value is -0.400. The fraction of sp³-hybridized carbons (Fsp3) is 1.00. The molecular formula is C10H23NO9. The van der Waals surface area contributed by atoms with Gasteiger partial charge in [-0.05, 0) is 0 Å². The van der Waals surface area contributed by atoms with Crippen molar-refractivity contribution in [2.24, 2.45) is 5.73 Å². The summed E-state index contributed by atoms with van der Waals surface area (Å²) >= 11 is 0. The molecule has 0 fully saturated rings. The summed E-state index contributed by atoms with van der Waals surface area (Å²) in [5.41, 5.74) is 5.04. The number of aliphatic hydroxyl groups excluding tert-OH is 9. The number of rotatable bonds is 9. The first-order valence-corrected chi connectivity index (χ1v) is 5.94. The number of hydrogen-bond acceptors (Lipinski definition) is 10. The molecule has 8 unspecified atom stereocenters. The van der Waals surface area contributed by atoms with Crippen molar-refractivity contribution in [3.05, 3.63) is 0 Å². The normalized spacial score (nSPS) is 24.3. The van der Waals surface area contributed by atoms with E-state index in [9.17, 15) is 35.7 Å². The van der Waals surface area contributed by atoms with Gasteiger partial charge in [0.1, 0.15) is 42.7 Å². The van der Waals surface area contributed by atoms with Crippen molar-refractivity contribution < 1.29 is 46.0 Å². The van der Waals surface area contributed by atoms with Crippen LogP contribution in [0.3, 0.4) is 0 Å². The van der Waals surface area contributed by atoms with E-state index in [4.69, 9.17) is 15.9 Å².